The highest BCUT2D eigenvalue weighted by Crippen LogP contribution is 2.05. The van der Waals surface area contributed by atoms with Gasteiger partial charge in [0.05, 0.1) is 7.11 Å². The molecule has 1 aromatic rings. The Morgan fingerprint density at radius 1 is 1.31 bits per heavy atom. The average Bonchev–Trinajstić information content (AvgIpc) is 2.35. The normalized spacial score (nSPS) is 11.8. The Morgan fingerprint density at radius 2 is 2.00 bits per heavy atom. The van der Waals surface area contributed by atoms with Crippen LogP contribution in [0.25, 0.3) is 6.08 Å². The Bertz CT molecular complexity index is 388. The molecule has 0 atom stereocenters. The van der Waals surface area contributed by atoms with Gasteiger partial charge in [-0.05, 0) is 12.0 Å². The summed E-state index contributed by atoms with van der Waals surface area (Å²) in [6.07, 6.45) is 6.29. The van der Waals surface area contributed by atoms with Gasteiger partial charge in [0.25, 0.3) is 0 Å². The van der Waals surface area contributed by atoms with Gasteiger partial charge in [-0.3, -0.25) is 0 Å². The molecule has 0 spiro atoms. The molecule has 0 aliphatic heterocycles. The Morgan fingerprint density at radius 3 is 2.56 bits per heavy atom. The lowest BCUT2D eigenvalue weighted by molar-refractivity contribution is -0.136. The van der Waals surface area contributed by atoms with Crippen LogP contribution < -0.4 is 0 Å². The van der Waals surface area contributed by atoms with Crippen LogP contribution in [0, 0.1) is 0 Å². The average molecular weight is 216 g/mol. The summed E-state index contributed by atoms with van der Waals surface area (Å²) in [5, 5.41) is 0. The van der Waals surface area contributed by atoms with Crippen LogP contribution in [0.3, 0.4) is 0 Å². The van der Waals surface area contributed by atoms with Crippen LogP contribution in [0.1, 0.15) is 18.9 Å². The molecule has 0 radical (unpaired) electrons. The number of allylic oxidation sites excluding steroid dienone is 2. The van der Waals surface area contributed by atoms with E-state index in [2.05, 4.69) is 4.74 Å². The molecular formula is C14H16O2. The lowest BCUT2D eigenvalue weighted by Crippen LogP contribution is -2.03. The maximum absolute atomic E-state index is 11.3. The fourth-order valence-corrected chi connectivity index (χ4v) is 1.30. The second kappa shape index (κ2) is 6.62. The molecule has 0 N–H and O–H groups in total. The fourth-order valence-electron chi connectivity index (χ4n) is 1.30. The van der Waals surface area contributed by atoms with Crippen LogP contribution in [0.15, 0.2) is 48.1 Å². The van der Waals surface area contributed by atoms with E-state index in [0.717, 1.165) is 5.56 Å². The second-order valence-electron chi connectivity index (χ2n) is 3.31. The summed E-state index contributed by atoms with van der Waals surface area (Å²) in [7, 11) is 1.40. The number of hydrogen-bond donors (Lipinski definition) is 0. The first-order valence-corrected chi connectivity index (χ1v) is 5.28. The molecule has 0 saturated carbocycles. The van der Waals surface area contributed by atoms with Gasteiger partial charge in [0.2, 0.25) is 0 Å². The van der Waals surface area contributed by atoms with Crippen molar-refractivity contribution in [3.63, 3.8) is 0 Å². The molecule has 0 fully saturated rings. The van der Waals surface area contributed by atoms with Gasteiger partial charge >= 0.3 is 5.97 Å². The van der Waals surface area contributed by atoms with Crippen molar-refractivity contribution in [1.82, 2.24) is 0 Å². The van der Waals surface area contributed by atoms with Gasteiger partial charge in [0.15, 0.2) is 0 Å². The van der Waals surface area contributed by atoms with E-state index >= 15 is 0 Å². The van der Waals surface area contributed by atoms with Gasteiger partial charge in [-0.15, -0.1) is 0 Å². The number of carbonyl (C=O) groups is 1. The zero-order valence-electron chi connectivity index (χ0n) is 9.64. The minimum Gasteiger partial charge on any atom is -0.466 e. The highest BCUT2D eigenvalue weighted by Gasteiger charge is 2.04. The maximum atomic E-state index is 11.3. The number of rotatable bonds is 4. The van der Waals surface area contributed by atoms with E-state index in [4.69, 9.17) is 0 Å². The molecule has 0 aliphatic rings. The first kappa shape index (κ1) is 12.2. The number of hydrogen-bond acceptors (Lipinski definition) is 2. The number of methoxy groups -OCH3 is 1. The maximum Gasteiger partial charge on any atom is 0.333 e. The van der Waals surface area contributed by atoms with E-state index in [1.165, 1.54) is 7.11 Å². The van der Waals surface area contributed by atoms with Crippen LogP contribution >= 0.6 is 0 Å². The zero-order chi connectivity index (χ0) is 11.8. The molecule has 16 heavy (non-hydrogen) atoms. The quantitative estimate of drug-likeness (QED) is 0.439. The highest BCUT2D eigenvalue weighted by molar-refractivity contribution is 5.88. The minimum atomic E-state index is -0.264. The number of esters is 1. The third kappa shape index (κ3) is 3.73. The Hall–Kier alpha value is -1.83. The molecule has 0 saturated heterocycles. The Kier molecular flexibility index (Phi) is 5.06. The molecule has 0 bridgehead atoms. The predicted octanol–water partition coefficient (Wildman–Crippen LogP) is 3.21. The van der Waals surface area contributed by atoms with Crippen LogP contribution in [0.4, 0.5) is 0 Å². The monoisotopic (exact) mass is 216 g/mol. The predicted molar refractivity (Wildman–Crippen MR) is 65.9 cm³/mol. The van der Waals surface area contributed by atoms with E-state index in [9.17, 15) is 4.79 Å². The van der Waals surface area contributed by atoms with E-state index in [1.54, 1.807) is 6.08 Å². The van der Waals surface area contributed by atoms with Gasteiger partial charge in [-0.2, -0.15) is 0 Å². The molecule has 0 amide bonds. The standard InChI is InChI=1S/C14H16O2/c1-3-13(14(15)16-2)11-7-10-12-8-5-4-6-9-12/h4-11H,3H2,1-2H3. The highest BCUT2D eigenvalue weighted by atomic mass is 16.5. The molecule has 1 aromatic carbocycles. The molecule has 0 aliphatic carbocycles. The summed E-state index contributed by atoms with van der Waals surface area (Å²) >= 11 is 0. The van der Waals surface area contributed by atoms with Crippen molar-refractivity contribution in [1.29, 1.82) is 0 Å². The SMILES string of the molecule is CCC(=CC=Cc1ccccc1)C(=O)OC. The summed E-state index contributed by atoms with van der Waals surface area (Å²) in [5.41, 5.74) is 1.79. The van der Waals surface area contributed by atoms with Gasteiger partial charge in [-0.1, -0.05) is 55.5 Å². The largest absolute Gasteiger partial charge is 0.466 e. The van der Waals surface area contributed by atoms with Crippen molar-refractivity contribution < 1.29 is 9.53 Å². The van der Waals surface area contributed by atoms with E-state index < -0.39 is 0 Å². The minimum absolute atomic E-state index is 0.264. The van der Waals surface area contributed by atoms with Crippen molar-refractivity contribution in [2.45, 2.75) is 13.3 Å². The van der Waals surface area contributed by atoms with Gasteiger partial charge in [0, 0.05) is 5.57 Å². The van der Waals surface area contributed by atoms with Gasteiger partial charge < -0.3 is 4.74 Å². The van der Waals surface area contributed by atoms with Crippen molar-refractivity contribution >= 4 is 12.0 Å². The lowest BCUT2D eigenvalue weighted by Gasteiger charge is -1.99. The summed E-state index contributed by atoms with van der Waals surface area (Å²) in [6, 6.07) is 9.94. The Balaban J connectivity index is 2.71. The Labute approximate surface area is 96.2 Å². The molecule has 0 aromatic heterocycles. The molecular weight excluding hydrogens is 200 g/mol. The lowest BCUT2D eigenvalue weighted by atomic mass is 10.1. The first-order valence-electron chi connectivity index (χ1n) is 5.28. The molecule has 0 heterocycles. The number of carbonyl (C=O) groups excluding carboxylic acids is 1. The van der Waals surface area contributed by atoms with E-state index in [1.807, 2.05) is 49.4 Å². The fraction of sp³-hybridized carbons (Fsp3) is 0.214. The summed E-state index contributed by atoms with van der Waals surface area (Å²) < 4.78 is 4.66. The number of benzene rings is 1. The van der Waals surface area contributed by atoms with Crippen molar-refractivity contribution in [2.24, 2.45) is 0 Å². The van der Waals surface area contributed by atoms with Crippen molar-refractivity contribution in [3.05, 3.63) is 53.6 Å². The number of ether oxygens (including phenoxy) is 1. The summed E-state index contributed by atoms with van der Waals surface area (Å²) in [6.45, 7) is 1.93. The first-order chi connectivity index (χ1) is 7.77. The van der Waals surface area contributed by atoms with Crippen LogP contribution in [0.2, 0.25) is 0 Å². The summed E-state index contributed by atoms with van der Waals surface area (Å²) in [4.78, 5) is 11.3. The van der Waals surface area contributed by atoms with E-state index in [-0.39, 0.29) is 5.97 Å². The third-order valence-corrected chi connectivity index (χ3v) is 2.21. The van der Waals surface area contributed by atoms with Crippen molar-refractivity contribution in [3.8, 4) is 0 Å². The summed E-state index contributed by atoms with van der Waals surface area (Å²) in [5.74, 6) is -0.264. The van der Waals surface area contributed by atoms with E-state index in [0.29, 0.717) is 12.0 Å². The molecule has 84 valence electrons. The van der Waals surface area contributed by atoms with Crippen LogP contribution in [0.5, 0.6) is 0 Å². The van der Waals surface area contributed by atoms with Crippen molar-refractivity contribution in [2.75, 3.05) is 7.11 Å². The van der Waals surface area contributed by atoms with Crippen LogP contribution in [-0.4, -0.2) is 13.1 Å². The zero-order valence-corrected chi connectivity index (χ0v) is 9.64. The topological polar surface area (TPSA) is 26.3 Å². The molecule has 2 nitrogen and oxygen atoms in total. The van der Waals surface area contributed by atoms with Crippen LogP contribution in [-0.2, 0) is 9.53 Å². The second-order valence-corrected chi connectivity index (χ2v) is 3.31. The third-order valence-electron chi connectivity index (χ3n) is 2.21. The molecule has 2 heteroatoms. The molecule has 0 unspecified atom stereocenters. The van der Waals surface area contributed by atoms with Gasteiger partial charge in [0.1, 0.15) is 0 Å². The smallest absolute Gasteiger partial charge is 0.333 e. The van der Waals surface area contributed by atoms with Gasteiger partial charge in [-0.25, -0.2) is 4.79 Å². The molecule has 1 rings (SSSR count).